The van der Waals surface area contributed by atoms with E-state index in [1.54, 1.807) is 6.19 Å². The van der Waals surface area contributed by atoms with Gasteiger partial charge in [-0.3, -0.25) is 0 Å². The summed E-state index contributed by atoms with van der Waals surface area (Å²) in [6, 6.07) is 0. The molecule has 0 aromatic rings. The molecule has 0 heterocycles. The Balaban J connectivity index is -0.0000000267. The SMILES string of the molecule is [CH2]=[U]=[N]C#N.[U].[U].[U]. The standard InChI is InChI=1S/CN2.CH2.4U/c2-1-3;;;;;/h;1H2;;;;. The Morgan fingerprint density at radius 3 is 1.75 bits per heavy atom. The molecule has 0 N–H and O–H groups in total. The second kappa shape index (κ2) is 22.4. The molecule has 0 aromatic heterocycles. The molecule has 0 aliphatic rings. The van der Waals surface area contributed by atoms with Crippen molar-refractivity contribution in [2.75, 3.05) is 0 Å². The fourth-order valence-corrected chi connectivity index (χ4v) is 0.330. The van der Waals surface area contributed by atoms with Gasteiger partial charge in [0, 0.05) is 93.3 Å². The van der Waals surface area contributed by atoms with Gasteiger partial charge in [-0.25, -0.2) is 0 Å². The topological polar surface area (TPSA) is 36.1 Å². The van der Waals surface area contributed by atoms with E-state index in [4.69, 9.17) is 5.26 Å². The molecule has 0 fully saturated rings. The summed E-state index contributed by atoms with van der Waals surface area (Å²) in [4.78, 5) is 0. The van der Waals surface area contributed by atoms with Gasteiger partial charge in [-0.1, -0.05) is 0 Å². The molecule has 0 amide bonds. The zero-order valence-corrected chi connectivity index (χ0v) is 20.8. The predicted octanol–water partition coefficient (Wildman–Crippen LogP) is 0.168. The normalized spacial score (nSPS) is 2.38. The van der Waals surface area contributed by atoms with Gasteiger partial charge in [-0.2, -0.15) is 0 Å². The van der Waals surface area contributed by atoms with Crippen LogP contribution in [-0.2, 0) is 0 Å². The molecule has 0 bridgehead atoms. The minimum atomic E-state index is -1.04. The summed E-state index contributed by atoms with van der Waals surface area (Å²) < 4.78 is 6.87. The summed E-state index contributed by atoms with van der Waals surface area (Å²) in [5, 5.41) is 7.66. The van der Waals surface area contributed by atoms with Gasteiger partial charge in [0.05, 0.1) is 0 Å². The van der Waals surface area contributed by atoms with E-state index >= 15 is 0 Å². The average Bonchev–Trinajstić information content (AvgIpc) is 1.41. The third-order valence-corrected chi connectivity index (χ3v) is 1.20. The van der Waals surface area contributed by atoms with Gasteiger partial charge in [-0.05, 0) is 0 Å². The molecule has 0 saturated carbocycles. The minimum Gasteiger partial charge on any atom is 0 e. The molecular formula is C2H2N2U4. The van der Waals surface area contributed by atoms with Crippen molar-refractivity contribution in [3.8, 4) is 6.19 Å². The molecule has 0 atom stereocenters. The molecule has 2 nitrogen and oxygen atoms in total. The Morgan fingerprint density at radius 2 is 1.75 bits per heavy atom. The minimum absolute atomic E-state index is 0. The molecule has 6 heteroatoms. The van der Waals surface area contributed by atoms with E-state index in [-0.39, 0.29) is 93.3 Å². The third-order valence-electron chi connectivity index (χ3n) is 0.129. The van der Waals surface area contributed by atoms with Gasteiger partial charge in [0.25, 0.3) is 0 Å². The summed E-state index contributed by atoms with van der Waals surface area (Å²) >= 11 is -1.04. The van der Waals surface area contributed by atoms with Gasteiger partial charge in [-0.15, -0.1) is 0 Å². The van der Waals surface area contributed by atoms with Gasteiger partial charge in [0.1, 0.15) is 0 Å². The number of rotatable bonds is 0. The van der Waals surface area contributed by atoms with Crippen molar-refractivity contribution >= 4 is 3.53 Å². The average molecular weight is 1010 g/mol. The zero-order chi connectivity index (χ0) is 4.12. The summed E-state index contributed by atoms with van der Waals surface area (Å²) in [7, 11) is 0. The molecule has 0 aliphatic heterocycles. The van der Waals surface area contributed by atoms with Gasteiger partial charge in [0.15, 0.2) is 0 Å². The molecule has 0 radical (unpaired) electrons. The van der Waals surface area contributed by atoms with Crippen molar-refractivity contribution in [2.24, 2.45) is 2.26 Å². The fourth-order valence-electron chi connectivity index (χ4n) is 0.0354. The van der Waals surface area contributed by atoms with E-state index in [1.807, 2.05) is 0 Å². The van der Waals surface area contributed by atoms with E-state index in [2.05, 4.69) is 5.79 Å². The van der Waals surface area contributed by atoms with Crippen LogP contribution in [0.2, 0.25) is 0 Å². The quantitative estimate of drug-likeness (QED) is 0.320. The van der Waals surface area contributed by atoms with Crippen LogP contribution in [0.1, 0.15) is 0 Å². The molecule has 0 saturated heterocycles. The maximum absolute atomic E-state index is 7.66. The van der Waals surface area contributed by atoms with E-state index < -0.39 is 27.1 Å². The van der Waals surface area contributed by atoms with Gasteiger partial charge in [0.2, 0.25) is 0 Å². The van der Waals surface area contributed by atoms with E-state index in [0.29, 0.717) is 0 Å². The molecular weight excluding hydrogens is 1000 g/mol. The Labute approximate surface area is 134 Å². The first-order valence-corrected chi connectivity index (χ1v) is 5.83. The summed E-state index contributed by atoms with van der Waals surface area (Å²) in [5.74, 6) is 0. The molecule has 0 rings (SSSR count). The monoisotopic (exact) mass is 1010 g/mol. The van der Waals surface area contributed by atoms with Crippen molar-refractivity contribution in [3.05, 3.63) is 0 Å². The molecule has 0 unspecified atom stereocenters. The van der Waals surface area contributed by atoms with Crippen molar-refractivity contribution in [1.29, 1.82) is 5.26 Å². The van der Waals surface area contributed by atoms with Gasteiger partial charge < -0.3 is 0 Å². The molecule has 36 valence electrons. The number of nitriles is 1. The predicted molar refractivity (Wildman–Crippen MR) is 15.2 cm³/mol. The van der Waals surface area contributed by atoms with E-state index in [1.165, 1.54) is 0 Å². The molecule has 0 aliphatic carbocycles. The molecule has 0 aromatic carbocycles. The number of nitrogens with zero attached hydrogens (tertiary/aromatic N) is 2. The van der Waals surface area contributed by atoms with Crippen LogP contribution in [0.4, 0.5) is 0 Å². The second-order valence-electron chi connectivity index (χ2n) is 0.370. The van der Waals surface area contributed by atoms with Crippen LogP contribution >= 0.6 is 0 Å². The first-order chi connectivity index (χ1) is 2.41. The van der Waals surface area contributed by atoms with Crippen LogP contribution in [0, 0.1) is 132 Å². The van der Waals surface area contributed by atoms with Crippen LogP contribution in [0.15, 0.2) is 2.26 Å². The smallest absolute Gasteiger partial charge is 0 e. The van der Waals surface area contributed by atoms with Gasteiger partial charge >= 0.3 is 44.3 Å². The van der Waals surface area contributed by atoms with Crippen molar-refractivity contribution < 1.29 is 120 Å². The first-order valence-electron chi connectivity index (χ1n) is 1.02. The zero-order valence-electron chi connectivity index (χ0n) is 4.10. The van der Waals surface area contributed by atoms with E-state index in [9.17, 15) is 0 Å². The third kappa shape index (κ3) is 22.8. The number of hydrogen-bond donors (Lipinski definition) is 0. The Morgan fingerprint density at radius 1 is 1.38 bits per heavy atom. The van der Waals surface area contributed by atoms with Crippen LogP contribution in [0.5, 0.6) is 0 Å². The summed E-state index contributed by atoms with van der Waals surface area (Å²) in [6.45, 7) is 0. The van der Waals surface area contributed by atoms with Crippen LogP contribution < -0.4 is 0 Å². The van der Waals surface area contributed by atoms with Crippen LogP contribution in [0.3, 0.4) is 0 Å². The largest absolute Gasteiger partial charge is 0 e. The fraction of sp³-hybridized carbons (Fsp3) is 0. The maximum atomic E-state index is 7.66. The van der Waals surface area contributed by atoms with Crippen molar-refractivity contribution in [1.82, 2.24) is 0 Å². The molecule has 8 heavy (non-hydrogen) atoms. The summed E-state index contributed by atoms with van der Waals surface area (Å²) in [6.07, 6.45) is 1.67. The number of hydrogen-bond acceptors (Lipinski definition) is 2. The van der Waals surface area contributed by atoms with Crippen LogP contribution in [-0.4, -0.2) is 3.53 Å². The Hall–Kier alpha value is 3.37. The summed E-state index contributed by atoms with van der Waals surface area (Å²) in [5.41, 5.74) is 0. The van der Waals surface area contributed by atoms with E-state index in [0.717, 1.165) is 0 Å². The van der Waals surface area contributed by atoms with Crippen molar-refractivity contribution in [2.45, 2.75) is 0 Å². The maximum Gasteiger partial charge on any atom is 0 e. The Kier molecular flexibility index (Phi) is 63.1. The Bertz CT molecular complexity index is 99.1. The first kappa shape index (κ1) is 22.5. The van der Waals surface area contributed by atoms with Crippen molar-refractivity contribution in [3.63, 3.8) is 0 Å². The van der Waals surface area contributed by atoms with Crippen LogP contribution in [0.25, 0.3) is 0 Å². The molecule has 0 spiro atoms. The second-order valence-corrected chi connectivity index (χ2v) is 2.62.